The van der Waals surface area contributed by atoms with Crippen LogP contribution in [0.15, 0.2) is 18.2 Å². The molecular formula is C14H20ClFN2. The molecule has 100 valence electrons. The van der Waals surface area contributed by atoms with Crippen molar-refractivity contribution >= 4 is 11.6 Å². The Kier molecular flexibility index (Phi) is 4.25. The van der Waals surface area contributed by atoms with Crippen molar-refractivity contribution in [3.05, 3.63) is 34.6 Å². The van der Waals surface area contributed by atoms with Gasteiger partial charge in [-0.15, -0.1) is 0 Å². The second-order valence-electron chi connectivity index (χ2n) is 5.26. The van der Waals surface area contributed by atoms with Gasteiger partial charge in [0.25, 0.3) is 0 Å². The quantitative estimate of drug-likeness (QED) is 0.893. The lowest BCUT2D eigenvalue weighted by Crippen LogP contribution is -2.48. The molecule has 0 radical (unpaired) electrons. The summed E-state index contributed by atoms with van der Waals surface area (Å²) in [6.07, 6.45) is 2.12. The molecule has 1 heterocycles. The molecule has 0 aliphatic carbocycles. The number of piperidine rings is 1. The number of benzene rings is 1. The van der Waals surface area contributed by atoms with E-state index < -0.39 is 0 Å². The number of likely N-dealkylation sites (tertiary alicyclic amines) is 1. The highest BCUT2D eigenvalue weighted by molar-refractivity contribution is 6.30. The number of hydrogen-bond donors (Lipinski definition) is 1. The normalized spacial score (nSPS) is 25.7. The van der Waals surface area contributed by atoms with Crippen molar-refractivity contribution in [1.82, 2.24) is 4.90 Å². The maximum absolute atomic E-state index is 13.2. The van der Waals surface area contributed by atoms with E-state index in [-0.39, 0.29) is 22.9 Å². The number of hydrogen-bond acceptors (Lipinski definition) is 2. The highest BCUT2D eigenvalue weighted by Gasteiger charge is 2.32. The molecule has 1 aliphatic rings. The average Bonchev–Trinajstić information content (AvgIpc) is 2.32. The van der Waals surface area contributed by atoms with E-state index in [0.29, 0.717) is 6.04 Å². The smallest absolute Gasteiger partial charge is 0.141 e. The molecule has 0 aromatic heterocycles. The molecule has 1 aromatic carbocycles. The second-order valence-corrected chi connectivity index (χ2v) is 5.66. The van der Waals surface area contributed by atoms with Gasteiger partial charge in [0.2, 0.25) is 0 Å². The van der Waals surface area contributed by atoms with Crippen molar-refractivity contribution in [3.8, 4) is 0 Å². The Morgan fingerprint density at radius 2 is 2.17 bits per heavy atom. The lowest BCUT2D eigenvalue weighted by atomic mass is 9.90. The molecule has 1 saturated heterocycles. The standard InChI is InChI=1S/C14H20ClFN2/c1-9(2)18-7-3-4-13(17)14(18)10-5-6-12(16)11(15)8-10/h5-6,8-9,13-14H,3-4,7,17H2,1-2H3. The van der Waals surface area contributed by atoms with Gasteiger partial charge in [-0.2, -0.15) is 0 Å². The lowest BCUT2D eigenvalue weighted by Gasteiger charge is -2.42. The summed E-state index contributed by atoms with van der Waals surface area (Å²) in [6.45, 7) is 5.36. The fourth-order valence-electron chi connectivity index (χ4n) is 2.77. The summed E-state index contributed by atoms with van der Waals surface area (Å²) < 4.78 is 13.2. The van der Waals surface area contributed by atoms with E-state index in [9.17, 15) is 4.39 Å². The summed E-state index contributed by atoms with van der Waals surface area (Å²) in [4.78, 5) is 2.37. The molecule has 18 heavy (non-hydrogen) atoms. The van der Waals surface area contributed by atoms with E-state index in [4.69, 9.17) is 17.3 Å². The summed E-state index contributed by atoms with van der Waals surface area (Å²) >= 11 is 5.87. The van der Waals surface area contributed by atoms with Gasteiger partial charge in [0, 0.05) is 12.1 Å². The monoisotopic (exact) mass is 270 g/mol. The van der Waals surface area contributed by atoms with Gasteiger partial charge in [0.15, 0.2) is 0 Å². The van der Waals surface area contributed by atoms with Crippen molar-refractivity contribution < 1.29 is 4.39 Å². The van der Waals surface area contributed by atoms with E-state index in [0.717, 1.165) is 24.9 Å². The van der Waals surface area contributed by atoms with Gasteiger partial charge in [-0.1, -0.05) is 17.7 Å². The van der Waals surface area contributed by atoms with Crippen LogP contribution in [0.4, 0.5) is 4.39 Å². The minimum Gasteiger partial charge on any atom is -0.326 e. The maximum atomic E-state index is 13.2. The van der Waals surface area contributed by atoms with Crippen molar-refractivity contribution in [2.75, 3.05) is 6.54 Å². The van der Waals surface area contributed by atoms with E-state index >= 15 is 0 Å². The largest absolute Gasteiger partial charge is 0.326 e. The molecule has 4 heteroatoms. The molecule has 1 aromatic rings. The van der Waals surface area contributed by atoms with Crippen molar-refractivity contribution in [3.63, 3.8) is 0 Å². The van der Waals surface area contributed by atoms with Crippen molar-refractivity contribution in [1.29, 1.82) is 0 Å². The van der Waals surface area contributed by atoms with E-state index in [2.05, 4.69) is 18.7 Å². The first-order chi connectivity index (χ1) is 8.50. The summed E-state index contributed by atoms with van der Waals surface area (Å²) in [5.41, 5.74) is 7.26. The predicted molar refractivity (Wildman–Crippen MR) is 73.2 cm³/mol. The molecule has 0 amide bonds. The predicted octanol–water partition coefficient (Wildman–Crippen LogP) is 3.35. The van der Waals surface area contributed by atoms with Gasteiger partial charge < -0.3 is 5.73 Å². The highest BCUT2D eigenvalue weighted by Crippen LogP contribution is 2.33. The fraction of sp³-hybridized carbons (Fsp3) is 0.571. The fourth-order valence-corrected chi connectivity index (χ4v) is 2.96. The van der Waals surface area contributed by atoms with Gasteiger partial charge in [-0.05, 0) is 50.9 Å². The molecule has 1 fully saturated rings. The highest BCUT2D eigenvalue weighted by atomic mass is 35.5. The third-order valence-electron chi connectivity index (χ3n) is 3.67. The van der Waals surface area contributed by atoms with Gasteiger partial charge in [0.1, 0.15) is 5.82 Å². The van der Waals surface area contributed by atoms with Crippen LogP contribution in [0.1, 0.15) is 38.3 Å². The van der Waals surface area contributed by atoms with Crippen LogP contribution in [-0.4, -0.2) is 23.5 Å². The summed E-state index contributed by atoms with van der Waals surface area (Å²) in [5, 5.41) is 0.175. The summed E-state index contributed by atoms with van der Waals surface area (Å²) in [5.74, 6) is -0.374. The first kappa shape index (κ1) is 13.8. The third kappa shape index (κ3) is 2.68. The van der Waals surface area contributed by atoms with Crippen LogP contribution in [0.2, 0.25) is 5.02 Å². The first-order valence-electron chi connectivity index (χ1n) is 6.47. The summed E-state index contributed by atoms with van der Waals surface area (Å²) in [6, 6.07) is 5.58. The average molecular weight is 271 g/mol. The van der Waals surface area contributed by atoms with Crippen molar-refractivity contribution in [2.24, 2.45) is 5.73 Å². The number of nitrogens with two attached hydrogens (primary N) is 1. The van der Waals surface area contributed by atoms with E-state index in [1.165, 1.54) is 6.07 Å². The number of rotatable bonds is 2. The molecule has 1 aliphatic heterocycles. The van der Waals surface area contributed by atoms with Crippen LogP contribution >= 0.6 is 11.6 Å². The van der Waals surface area contributed by atoms with Gasteiger partial charge >= 0.3 is 0 Å². The zero-order valence-corrected chi connectivity index (χ0v) is 11.6. The van der Waals surface area contributed by atoms with Crippen LogP contribution < -0.4 is 5.73 Å². The van der Waals surface area contributed by atoms with E-state index in [1.807, 2.05) is 0 Å². The van der Waals surface area contributed by atoms with Crippen LogP contribution in [-0.2, 0) is 0 Å². The third-order valence-corrected chi connectivity index (χ3v) is 3.95. The molecule has 0 spiro atoms. The molecule has 2 rings (SSSR count). The Balaban J connectivity index is 2.34. The Hall–Kier alpha value is -0.640. The topological polar surface area (TPSA) is 29.3 Å². The number of halogens is 2. The zero-order valence-electron chi connectivity index (χ0n) is 10.9. The molecule has 0 bridgehead atoms. The van der Waals surface area contributed by atoms with Gasteiger partial charge in [0.05, 0.1) is 11.1 Å². The van der Waals surface area contributed by atoms with Crippen LogP contribution in [0.5, 0.6) is 0 Å². The Morgan fingerprint density at radius 3 is 2.78 bits per heavy atom. The molecule has 2 N–H and O–H groups in total. The Bertz CT molecular complexity index is 422. The second kappa shape index (κ2) is 5.55. The minimum absolute atomic E-state index is 0.0858. The van der Waals surface area contributed by atoms with Crippen LogP contribution in [0, 0.1) is 5.82 Å². The van der Waals surface area contributed by atoms with E-state index in [1.54, 1.807) is 12.1 Å². The maximum Gasteiger partial charge on any atom is 0.141 e. The minimum atomic E-state index is -0.374. The summed E-state index contributed by atoms with van der Waals surface area (Å²) in [7, 11) is 0. The zero-order chi connectivity index (χ0) is 13.3. The Labute approximate surface area is 113 Å². The molecule has 2 unspecified atom stereocenters. The first-order valence-corrected chi connectivity index (χ1v) is 6.84. The van der Waals surface area contributed by atoms with Crippen molar-refractivity contribution in [2.45, 2.75) is 44.8 Å². The number of nitrogens with zero attached hydrogens (tertiary/aromatic N) is 1. The van der Waals surface area contributed by atoms with Crippen LogP contribution in [0.3, 0.4) is 0 Å². The SMILES string of the molecule is CC(C)N1CCCC(N)C1c1ccc(F)c(Cl)c1. The molecule has 2 atom stereocenters. The Morgan fingerprint density at radius 1 is 1.44 bits per heavy atom. The molecule has 2 nitrogen and oxygen atoms in total. The molecular weight excluding hydrogens is 251 g/mol. The lowest BCUT2D eigenvalue weighted by molar-refractivity contribution is 0.0947. The van der Waals surface area contributed by atoms with Crippen LogP contribution in [0.25, 0.3) is 0 Å². The van der Waals surface area contributed by atoms with Gasteiger partial charge in [-0.25, -0.2) is 4.39 Å². The molecule has 0 saturated carbocycles. The van der Waals surface area contributed by atoms with Gasteiger partial charge in [-0.3, -0.25) is 4.90 Å².